The second kappa shape index (κ2) is 3.89. The van der Waals surface area contributed by atoms with Gasteiger partial charge in [-0.25, -0.2) is 0 Å². The van der Waals surface area contributed by atoms with E-state index in [4.69, 9.17) is 0 Å². The van der Waals surface area contributed by atoms with Crippen LogP contribution in [-0.4, -0.2) is 40.8 Å². The van der Waals surface area contributed by atoms with Gasteiger partial charge >= 0.3 is 0 Å². The van der Waals surface area contributed by atoms with Gasteiger partial charge in [0.2, 0.25) is 0 Å². The van der Waals surface area contributed by atoms with Crippen molar-refractivity contribution in [3.8, 4) is 0 Å². The molecule has 0 bridgehead atoms. The Morgan fingerprint density at radius 2 is 2.62 bits per heavy atom. The van der Waals surface area contributed by atoms with Crippen molar-refractivity contribution in [2.24, 2.45) is 0 Å². The molecule has 1 aromatic rings. The first-order valence-corrected chi connectivity index (χ1v) is 4.78. The van der Waals surface area contributed by atoms with Crippen molar-refractivity contribution >= 4 is 0 Å². The maximum Gasteiger partial charge on any atom is 0.0492 e. The van der Waals surface area contributed by atoms with Crippen LogP contribution >= 0.6 is 0 Å². The summed E-state index contributed by atoms with van der Waals surface area (Å²) in [6.45, 7) is 6.56. The summed E-state index contributed by atoms with van der Waals surface area (Å²) in [7, 11) is 0. The first-order valence-electron chi connectivity index (χ1n) is 4.78. The molecule has 4 nitrogen and oxygen atoms in total. The molecule has 0 saturated carbocycles. The molecule has 0 aromatic carbocycles. The average Bonchev–Trinajstić information content (AvgIpc) is 2.57. The predicted molar refractivity (Wildman–Crippen MR) is 51.3 cm³/mol. The van der Waals surface area contributed by atoms with Crippen molar-refractivity contribution in [2.75, 3.05) is 19.6 Å². The lowest BCUT2D eigenvalue weighted by Crippen LogP contribution is -2.48. The molecule has 0 amide bonds. The van der Waals surface area contributed by atoms with Gasteiger partial charge in [0.1, 0.15) is 0 Å². The maximum absolute atomic E-state index is 3.94. The largest absolute Gasteiger partial charge is 0.312 e. The van der Waals surface area contributed by atoms with Crippen molar-refractivity contribution in [3.63, 3.8) is 0 Å². The molecule has 1 saturated heterocycles. The summed E-state index contributed by atoms with van der Waals surface area (Å²) in [6.07, 6.45) is 1.81. The van der Waals surface area contributed by atoms with Crippen LogP contribution in [0.5, 0.6) is 0 Å². The molecule has 1 aliphatic rings. The van der Waals surface area contributed by atoms with E-state index in [9.17, 15) is 0 Å². The molecule has 13 heavy (non-hydrogen) atoms. The Balaban J connectivity index is 1.87. The molecule has 0 aliphatic carbocycles. The van der Waals surface area contributed by atoms with Crippen LogP contribution in [0.2, 0.25) is 0 Å². The highest BCUT2D eigenvalue weighted by Gasteiger charge is 2.15. The van der Waals surface area contributed by atoms with E-state index in [-0.39, 0.29) is 0 Å². The smallest absolute Gasteiger partial charge is 0.0492 e. The molecule has 0 radical (unpaired) electrons. The fraction of sp³-hybridized carbons (Fsp3) is 0.667. The van der Waals surface area contributed by atoms with Gasteiger partial charge in [0.15, 0.2) is 0 Å². The quantitative estimate of drug-likeness (QED) is 0.683. The van der Waals surface area contributed by atoms with Crippen molar-refractivity contribution in [3.05, 3.63) is 18.0 Å². The van der Waals surface area contributed by atoms with Crippen molar-refractivity contribution in [2.45, 2.75) is 19.5 Å². The fourth-order valence-electron chi connectivity index (χ4n) is 1.77. The van der Waals surface area contributed by atoms with Crippen molar-refractivity contribution in [1.29, 1.82) is 0 Å². The molecule has 72 valence electrons. The third kappa shape index (κ3) is 2.29. The molecule has 1 aliphatic heterocycles. The Bertz CT molecular complexity index is 244. The van der Waals surface area contributed by atoms with Gasteiger partial charge in [-0.1, -0.05) is 0 Å². The van der Waals surface area contributed by atoms with E-state index in [1.165, 1.54) is 5.69 Å². The lowest BCUT2D eigenvalue weighted by atomic mass is 10.2. The third-order valence-corrected chi connectivity index (χ3v) is 2.41. The average molecular weight is 180 g/mol. The number of piperazine rings is 1. The molecule has 2 rings (SSSR count). The topological polar surface area (TPSA) is 44.0 Å². The lowest BCUT2D eigenvalue weighted by Gasteiger charge is -2.31. The zero-order chi connectivity index (χ0) is 9.10. The predicted octanol–water partition coefficient (Wildman–Crippen LogP) is 0.203. The van der Waals surface area contributed by atoms with Crippen LogP contribution in [0.4, 0.5) is 0 Å². The zero-order valence-corrected chi connectivity index (χ0v) is 7.95. The monoisotopic (exact) mass is 180 g/mol. The Kier molecular flexibility index (Phi) is 2.61. The molecule has 1 fully saturated rings. The maximum atomic E-state index is 3.94. The number of H-pyrrole nitrogens is 1. The normalized spacial score (nSPS) is 24.8. The summed E-state index contributed by atoms with van der Waals surface area (Å²) in [5, 5.41) is 10.4. The van der Waals surface area contributed by atoms with E-state index in [1.807, 2.05) is 6.07 Å². The Morgan fingerprint density at radius 3 is 3.31 bits per heavy atom. The van der Waals surface area contributed by atoms with Gasteiger partial charge in [0, 0.05) is 44.1 Å². The molecular formula is C9H16N4. The van der Waals surface area contributed by atoms with Crippen LogP contribution in [0.1, 0.15) is 12.6 Å². The van der Waals surface area contributed by atoms with Gasteiger partial charge < -0.3 is 5.32 Å². The summed E-state index contributed by atoms with van der Waals surface area (Å²) in [5.41, 5.74) is 1.20. The molecule has 0 unspecified atom stereocenters. The van der Waals surface area contributed by atoms with E-state index < -0.39 is 0 Å². The van der Waals surface area contributed by atoms with E-state index >= 15 is 0 Å². The van der Waals surface area contributed by atoms with Gasteiger partial charge in [-0.3, -0.25) is 10.00 Å². The standard InChI is InChI=1S/C9H16N4/c1-8-6-13(5-4-10-8)7-9-2-3-11-12-9/h2-3,8,10H,4-7H2,1H3,(H,11,12)/t8-/m1/s1. The van der Waals surface area contributed by atoms with Gasteiger partial charge in [0.25, 0.3) is 0 Å². The molecule has 2 heterocycles. The van der Waals surface area contributed by atoms with Crippen LogP contribution in [0.3, 0.4) is 0 Å². The number of nitrogens with one attached hydrogen (secondary N) is 2. The Labute approximate surface area is 78.3 Å². The van der Waals surface area contributed by atoms with Gasteiger partial charge in [0.05, 0.1) is 0 Å². The molecule has 1 aromatic heterocycles. The van der Waals surface area contributed by atoms with Crippen LogP contribution < -0.4 is 5.32 Å². The summed E-state index contributed by atoms with van der Waals surface area (Å²) in [6, 6.07) is 2.64. The molecule has 0 spiro atoms. The van der Waals surface area contributed by atoms with Crippen molar-refractivity contribution in [1.82, 2.24) is 20.4 Å². The lowest BCUT2D eigenvalue weighted by molar-refractivity contribution is 0.197. The molecule has 4 heteroatoms. The summed E-state index contributed by atoms with van der Waals surface area (Å²) in [4.78, 5) is 2.44. The number of aromatic amines is 1. The van der Waals surface area contributed by atoms with Crippen molar-refractivity contribution < 1.29 is 0 Å². The molecule has 2 N–H and O–H groups in total. The highest BCUT2D eigenvalue weighted by molar-refractivity contribution is 4.97. The van der Waals surface area contributed by atoms with Crippen LogP contribution in [0.25, 0.3) is 0 Å². The summed E-state index contributed by atoms with van der Waals surface area (Å²) in [5.74, 6) is 0. The molecular weight excluding hydrogens is 164 g/mol. The Hall–Kier alpha value is -0.870. The van der Waals surface area contributed by atoms with E-state index in [2.05, 4.69) is 27.3 Å². The van der Waals surface area contributed by atoms with E-state index in [0.717, 1.165) is 26.2 Å². The number of nitrogens with zero attached hydrogens (tertiary/aromatic N) is 2. The zero-order valence-electron chi connectivity index (χ0n) is 7.95. The third-order valence-electron chi connectivity index (χ3n) is 2.41. The van der Waals surface area contributed by atoms with Gasteiger partial charge in [-0.15, -0.1) is 0 Å². The van der Waals surface area contributed by atoms with Crippen LogP contribution in [0.15, 0.2) is 12.3 Å². The highest BCUT2D eigenvalue weighted by Crippen LogP contribution is 2.03. The molecule has 1 atom stereocenters. The second-order valence-corrected chi connectivity index (χ2v) is 3.67. The minimum Gasteiger partial charge on any atom is -0.312 e. The minimum atomic E-state index is 0.608. The number of hydrogen-bond donors (Lipinski definition) is 2. The summed E-state index contributed by atoms with van der Waals surface area (Å²) < 4.78 is 0. The number of hydrogen-bond acceptors (Lipinski definition) is 3. The van der Waals surface area contributed by atoms with Gasteiger partial charge in [-0.05, 0) is 13.0 Å². The van der Waals surface area contributed by atoms with Crippen LogP contribution in [-0.2, 0) is 6.54 Å². The van der Waals surface area contributed by atoms with E-state index in [0.29, 0.717) is 6.04 Å². The SMILES string of the molecule is C[C@@H]1CN(Cc2ccn[nH]2)CCN1. The summed E-state index contributed by atoms with van der Waals surface area (Å²) >= 11 is 0. The number of rotatable bonds is 2. The second-order valence-electron chi connectivity index (χ2n) is 3.67. The minimum absolute atomic E-state index is 0.608. The van der Waals surface area contributed by atoms with Crippen LogP contribution in [0, 0.1) is 0 Å². The van der Waals surface area contributed by atoms with E-state index in [1.54, 1.807) is 6.20 Å². The highest BCUT2D eigenvalue weighted by atomic mass is 15.2. The fourth-order valence-corrected chi connectivity index (χ4v) is 1.77. The first kappa shape index (κ1) is 8.72. The number of aromatic nitrogens is 2. The first-order chi connectivity index (χ1) is 6.34. The Morgan fingerprint density at radius 1 is 1.69 bits per heavy atom. The van der Waals surface area contributed by atoms with Gasteiger partial charge in [-0.2, -0.15) is 5.10 Å².